The van der Waals surface area contributed by atoms with Crippen LogP contribution in [0.4, 0.5) is 0 Å². The number of benzene rings is 2. The fourth-order valence-electron chi connectivity index (χ4n) is 3.01. The molecule has 1 aliphatic carbocycles. The molecule has 1 aliphatic rings. The van der Waals surface area contributed by atoms with E-state index in [0.717, 1.165) is 25.1 Å². The predicted molar refractivity (Wildman–Crippen MR) is 99.3 cm³/mol. The summed E-state index contributed by atoms with van der Waals surface area (Å²) in [5, 5.41) is 0. The molecule has 3 rings (SSSR count). The summed E-state index contributed by atoms with van der Waals surface area (Å²) in [7, 11) is 3.66. The molecular formula is C21H26N2O2. The van der Waals surface area contributed by atoms with Gasteiger partial charge in [-0.3, -0.25) is 9.69 Å². The maximum absolute atomic E-state index is 12.8. The Morgan fingerprint density at radius 2 is 1.64 bits per heavy atom. The van der Waals surface area contributed by atoms with Crippen molar-refractivity contribution in [3.63, 3.8) is 0 Å². The van der Waals surface area contributed by atoms with Crippen LogP contribution in [0.5, 0.6) is 5.75 Å². The fraction of sp³-hybridized carbons (Fsp3) is 0.381. The molecule has 1 amide bonds. The first kappa shape index (κ1) is 17.5. The minimum absolute atomic E-state index is 0.211. The van der Waals surface area contributed by atoms with Gasteiger partial charge in [0.2, 0.25) is 5.91 Å². The molecule has 132 valence electrons. The molecule has 0 atom stereocenters. The molecule has 0 spiro atoms. The van der Waals surface area contributed by atoms with Crippen LogP contribution >= 0.6 is 0 Å². The van der Waals surface area contributed by atoms with E-state index in [1.54, 1.807) is 7.11 Å². The second-order valence-corrected chi connectivity index (χ2v) is 6.76. The third kappa shape index (κ3) is 5.07. The van der Waals surface area contributed by atoms with E-state index in [0.29, 0.717) is 19.1 Å². The van der Waals surface area contributed by atoms with Gasteiger partial charge in [-0.2, -0.15) is 0 Å². The van der Waals surface area contributed by atoms with Crippen molar-refractivity contribution in [1.29, 1.82) is 0 Å². The summed E-state index contributed by atoms with van der Waals surface area (Å²) >= 11 is 0. The quantitative estimate of drug-likeness (QED) is 0.740. The zero-order valence-corrected chi connectivity index (χ0v) is 15.0. The molecule has 25 heavy (non-hydrogen) atoms. The number of rotatable bonds is 8. The van der Waals surface area contributed by atoms with Crippen LogP contribution in [0.15, 0.2) is 54.6 Å². The van der Waals surface area contributed by atoms with Crippen LogP contribution in [0.25, 0.3) is 0 Å². The number of carbonyl (C=O) groups excluding carboxylic acids is 1. The fourth-order valence-corrected chi connectivity index (χ4v) is 3.01. The van der Waals surface area contributed by atoms with Gasteiger partial charge in [-0.1, -0.05) is 42.5 Å². The van der Waals surface area contributed by atoms with E-state index in [2.05, 4.69) is 17.0 Å². The van der Waals surface area contributed by atoms with Crippen molar-refractivity contribution in [3.8, 4) is 5.75 Å². The van der Waals surface area contributed by atoms with Gasteiger partial charge in [0.15, 0.2) is 0 Å². The largest absolute Gasteiger partial charge is 0.497 e. The zero-order chi connectivity index (χ0) is 17.6. The molecule has 0 aromatic heterocycles. The average molecular weight is 338 g/mol. The Bertz CT molecular complexity index is 681. The van der Waals surface area contributed by atoms with E-state index in [4.69, 9.17) is 4.74 Å². The maximum Gasteiger partial charge on any atom is 0.237 e. The van der Waals surface area contributed by atoms with Crippen LogP contribution in [0.1, 0.15) is 24.0 Å². The molecule has 0 bridgehead atoms. The lowest BCUT2D eigenvalue weighted by Crippen LogP contribution is -2.39. The SMILES string of the molecule is COc1ccc(CN(C)CC(=O)N(Cc2ccccc2)C2CC2)cc1. The molecule has 4 heteroatoms. The molecule has 0 heterocycles. The number of likely N-dealkylation sites (N-methyl/N-ethyl adjacent to an activating group) is 1. The monoisotopic (exact) mass is 338 g/mol. The molecule has 0 unspecified atom stereocenters. The Morgan fingerprint density at radius 3 is 2.24 bits per heavy atom. The van der Waals surface area contributed by atoms with Crippen LogP contribution < -0.4 is 4.74 Å². The van der Waals surface area contributed by atoms with Gasteiger partial charge in [-0.25, -0.2) is 0 Å². The highest BCUT2D eigenvalue weighted by molar-refractivity contribution is 5.79. The van der Waals surface area contributed by atoms with Crippen LogP contribution in [0, 0.1) is 0 Å². The zero-order valence-electron chi connectivity index (χ0n) is 15.0. The number of ether oxygens (including phenoxy) is 1. The van der Waals surface area contributed by atoms with Gasteiger partial charge in [-0.05, 0) is 43.1 Å². The summed E-state index contributed by atoms with van der Waals surface area (Å²) in [6, 6.07) is 18.7. The van der Waals surface area contributed by atoms with Gasteiger partial charge >= 0.3 is 0 Å². The highest BCUT2D eigenvalue weighted by atomic mass is 16.5. The van der Waals surface area contributed by atoms with E-state index in [1.165, 1.54) is 11.1 Å². The van der Waals surface area contributed by atoms with Crippen molar-refractivity contribution in [2.24, 2.45) is 0 Å². The molecule has 0 radical (unpaired) electrons. The van der Waals surface area contributed by atoms with Gasteiger partial charge in [0.05, 0.1) is 13.7 Å². The van der Waals surface area contributed by atoms with Gasteiger partial charge in [0.1, 0.15) is 5.75 Å². The topological polar surface area (TPSA) is 32.8 Å². The first-order valence-corrected chi connectivity index (χ1v) is 8.80. The van der Waals surface area contributed by atoms with E-state index in [9.17, 15) is 4.79 Å². The number of carbonyl (C=O) groups is 1. The van der Waals surface area contributed by atoms with Crippen molar-refractivity contribution in [1.82, 2.24) is 9.80 Å². The molecule has 0 saturated heterocycles. The molecular weight excluding hydrogens is 312 g/mol. The summed E-state index contributed by atoms with van der Waals surface area (Å²) in [6.07, 6.45) is 2.25. The first-order valence-electron chi connectivity index (χ1n) is 8.80. The molecule has 4 nitrogen and oxygen atoms in total. The van der Waals surface area contributed by atoms with Gasteiger partial charge in [0, 0.05) is 19.1 Å². The number of nitrogens with zero attached hydrogens (tertiary/aromatic N) is 2. The van der Waals surface area contributed by atoms with Crippen LogP contribution in [-0.2, 0) is 17.9 Å². The maximum atomic E-state index is 12.8. The standard InChI is InChI=1S/C21H26N2O2/c1-22(14-18-8-12-20(25-2)13-9-18)16-21(24)23(19-10-11-19)15-17-6-4-3-5-7-17/h3-9,12-13,19H,10-11,14-16H2,1-2H3. The Morgan fingerprint density at radius 1 is 1.00 bits per heavy atom. The molecule has 1 fully saturated rings. The average Bonchev–Trinajstić information content (AvgIpc) is 3.46. The van der Waals surface area contributed by atoms with Crippen molar-refractivity contribution >= 4 is 5.91 Å². The molecule has 2 aromatic rings. The summed E-state index contributed by atoms with van der Waals surface area (Å²) in [6.45, 7) is 1.90. The van der Waals surface area contributed by atoms with Gasteiger partial charge in [0.25, 0.3) is 0 Å². The van der Waals surface area contributed by atoms with Crippen molar-refractivity contribution in [2.45, 2.75) is 32.0 Å². The van der Waals surface area contributed by atoms with Crippen LogP contribution in [0.3, 0.4) is 0 Å². The van der Waals surface area contributed by atoms with Crippen LogP contribution in [-0.4, -0.2) is 42.5 Å². The van der Waals surface area contributed by atoms with E-state index < -0.39 is 0 Å². The summed E-state index contributed by atoms with van der Waals surface area (Å²) in [5.74, 6) is 1.06. The normalized spacial score (nSPS) is 13.7. The Kier molecular flexibility index (Phi) is 5.71. The smallest absolute Gasteiger partial charge is 0.237 e. The number of amides is 1. The Hall–Kier alpha value is -2.33. The van der Waals surface area contributed by atoms with Crippen molar-refractivity contribution < 1.29 is 9.53 Å². The first-order chi connectivity index (χ1) is 12.2. The minimum atomic E-state index is 0.211. The molecule has 1 saturated carbocycles. The highest BCUT2D eigenvalue weighted by Crippen LogP contribution is 2.28. The van der Waals surface area contributed by atoms with E-state index in [-0.39, 0.29) is 5.91 Å². The highest BCUT2D eigenvalue weighted by Gasteiger charge is 2.32. The predicted octanol–water partition coefficient (Wildman–Crippen LogP) is 3.32. The van der Waals surface area contributed by atoms with E-state index >= 15 is 0 Å². The van der Waals surface area contributed by atoms with Gasteiger partial charge < -0.3 is 9.64 Å². The molecule has 0 N–H and O–H groups in total. The third-order valence-electron chi connectivity index (χ3n) is 4.52. The minimum Gasteiger partial charge on any atom is -0.497 e. The molecule has 2 aromatic carbocycles. The van der Waals surface area contributed by atoms with Gasteiger partial charge in [-0.15, -0.1) is 0 Å². The van der Waals surface area contributed by atoms with Crippen molar-refractivity contribution in [3.05, 3.63) is 65.7 Å². The number of hydrogen-bond donors (Lipinski definition) is 0. The number of hydrogen-bond acceptors (Lipinski definition) is 3. The second kappa shape index (κ2) is 8.17. The lowest BCUT2D eigenvalue weighted by molar-refractivity contribution is -0.133. The second-order valence-electron chi connectivity index (χ2n) is 6.76. The van der Waals surface area contributed by atoms with Crippen molar-refractivity contribution in [2.75, 3.05) is 20.7 Å². The lowest BCUT2D eigenvalue weighted by atomic mass is 10.2. The molecule has 0 aliphatic heterocycles. The number of methoxy groups -OCH3 is 1. The summed E-state index contributed by atoms with van der Waals surface area (Å²) in [4.78, 5) is 16.9. The third-order valence-corrected chi connectivity index (χ3v) is 4.52. The Balaban J connectivity index is 1.56. The Labute approximate surface area is 150 Å². The van der Waals surface area contributed by atoms with E-state index in [1.807, 2.05) is 54.4 Å². The lowest BCUT2D eigenvalue weighted by Gasteiger charge is -2.25. The summed E-state index contributed by atoms with van der Waals surface area (Å²) < 4.78 is 5.19. The summed E-state index contributed by atoms with van der Waals surface area (Å²) in [5.41, 5.74) is 2.37. The van der Waals surface area contributed by atoms with Crippen LogP contribution in [0.2, 0.25) is 0 Å².